The maximum Gasteiger partial charge on any atom is 0.203 e. The molecule has 4 heteroatoms. The Morgan fingerprint density at radius 3 is 2.25 bits per heavy atom. The quantitative estimate of drug-likeness (QED) is 0.790. The number of benzene rings is 1. The van der Waals surface area contributed by atoms with Crippen molar-refractivity contribution in [3.8, 4) is 17.2 Å². The third-order valence-corrected chi connectivity index (χ3v) is 4.26. The van der Waals surface area contributed by atoms with Crippen LogP contribution in [0.3, 0.4) is 0 Å². The SMILES string of the molecule is COc1cc(N2[C@@H]3CC=C[C@H]2CC3)cc(OC)c1OC. The molecule has 0 radical (unpaired) electrons. The number of hydrogen-bond acceptors (Lipinski definition) is 4. The summed E-state index contributed by atoms with van der Waals surface area (Å²) in [6.07, 6.45) is 8.20. The van der Waals surface area contributed by atoms with Crippen molar-refractivity contribution >= 4 is 5.69 Å². The molecule has 3 rings (SSSR count). The van der Waals surface area contributed by atoms with E-state index >= 15 is 0 Å². The first-order chi connectivity index (χ1) is 9.78. The maximum atomic E-state index is 5.45. The van der Waals surface area contributed by atoms with Gasteiger partial charge >= 0.3 is 0 Å². The fourth-order valence-corrected chi connectivity index (χ4v) is 3.34. The Morgan fingerprint density at radius 1 is 1.00 bits per heavy atom. The molecule has 0 unspecified atom stereocenters. The van der Waals surface area contributed by atoms with Crippen LogP contribution in [0.5, 0.6) is 17.2 Å². The fraction of sp³-hybridized carbons (Fsp3) is 0.500. The number of anilines is 1. The Kier molecular flexibility index (Phi) is 3.47. The van der Waals surface area contributed by atoms with Gasteiger partial charge in [0.2, 0.25) is 5.75 Å². The molecule has 2 heterocycles. The van der Waals surface area contributed by atoms with E-state index in [1.165, 1.54) is 12.8 Å². The highest BCUT2D eigenvalue weighted by molar-refractivity contribution is 5.65. The summed E-state index contributed by atoms with van der Waals surface area (Å²) < 4.78 is 16.3. The average molecular weight is 275 g/mol. The van der Waals surface area contributed by atoms with Gasteiger partial charge in [-0.05, 0) is 19.3 Å². The highest BCUT2D eigenvalue weighted by Gasteiger charge is 2.34. The zero-order valence-electron chi connectivity index (χ0n) is 12.3. The molecule has 2 atom stereocenters. The third kappa shape index (κ3) is 1.99. The second-order valence-corrected chi connectivity index (χ2v) is 5.25. The smallest absolute Gasteiger partial charge is 0.203 e. The minimum absolute atomic E-state index is 0.497. The molecule has 1 fully saturated rings. The van der Waals surface area contributed by atoms with Gasteiger partial charge in [0.25, 0.3) is 0 Å². The minimum atomic E-state index is 0.497. The summed E-state index contributed by atoms with van der Waals surface area (Å²) >= 11 is 0. The van der Waals surface area contributed by atoms with Crippen molar-refractivity contribution in [3.05, 3.63) is 24.3 Å². The van der Waals surface area contributed by atoms with E-state index in [2.05, 4.69) is 17.1 Å². The molecule has 1 aromatic rings. The van der Waals surface area contributed by atoms with E-state index in [4.69, 9.17) is 14.2 Å². The molecule has 2 aliphatic heterocycles. The van der Waals surface area contributed by atoms with Gasteiger partial charge in [-0.15, -0.1) is 0 Å². The number of hydrogen-bond donors (Lipinski definition) is 0. The second kappa shape index (κ2) is 5.27. The first-order valence-electron chi connectivity index (χ1n) is 7.03. The van der Waals surface area contributed by atoms with Crippen molar-refractivity contribution < 1.29 is 14.2 Å². The minimum Gasteiger partial charge on any atom is -0.493 e. The summed E-state index contributed by atoms with van der Waals surface area (Å²) in [6.45, 7) is 0. The van der Waals surface area contributed by atoms with Gasteiger partial charge < -0.3 is 19.1 Å². The molecule has 0 spiro atoms. The Hall–Kier alpha value is -1.84. The van der Waals surface area contributed by atoms with E-state index in [1.807, 2.05) is 12.1 Å². The number of nitrogens with zero attached hydrogens (tertiary/aromatic N) is 1. The van der Waals surface area contributed by atoms with E-state index in [1.54, 1.807) is 21.3 Å². The zero-order chi connectivity index (χ0) is 14.1. The van der Waals surface area contributed by atoms with E-state index in [9.17, 15) is 0 Å². The summed E-state index contributed by atoms with van der Waals surface area (Å²) in [5, 5.41) is 0. The van der Waals surface area contributed by atoms with Crippen molar-refractivity contribution in [1.29, 1.82) is 0 Å². The maximum absolute atomic E-state index is 5.45. The van der Waals surface area contributed by atoms with Crippen LogP contribution >= 0.6 is 0 Å². The zero-order valence-corrected chi connectivity index (χ0v) is 12.3. The summed E-state index contributed by atoms with van der Waals surface area (Å²) in [7, 11) is 4.95. The molecule has 1 aromatic carbocycles. The summed E-state index contributed by atoms with van der Waals surface area (Å²) in [6, 6.07) is 5.18. The number of rotatable bonds is 4. The van der Waals surface area contributed by atoms with Crippen molar-refractivity contribution in [1.82, 2.24) is 0 Å². The first-order valence-corrected chi connectivity index (χ1v) is 7.03. The number of fused-ring (bicyclic) bond motifs is 2. The molecule has 0 aromatic heterocycles. The van der Waals surface area contributed by atoms with Crippen molar-refractivity contribution in [2.75, 3.05) is 26.2 Å². The molecule has 1 saturated heterocycles. The Balaban J connectivity index is 2.04. The van der Waals surface area contributed by atoms with E-state index in [0.29, 0.717) is 17.8 Å². The van der Waals surface area contributed by atoms with Gasteiger partial charge in [0.05, 0.1) is 21.3 Å². The summed E-state index contributed by atoms with van der Waals surface area (Å²) in [5.74, 6) is 2.09. The molecule has 0 N–H and O–H groups in total. The third-order valence-electron chi connectivity index (χ3n) is 4.26. The predicted molar refractivity (Wildman–Crippen MR) is 79.1 cm³/mol. The Labute approximate surface area is 119 Å². The molecule has 2 aliphatic rings. The predicted octanol–water partition coefficient (Wildman–Crippen LogP) is 3.01. The monoisotopic (exact) mass is 275 g/mol. The van der Waals surface area contributed by atoms with E-state index < -0.39 is 0 Å². The van der Waals surface area contributed by atoms with Crippen molar-refractivity contribution in [2.24, 2.45) is 0 Å². The van der Waals surface area contributed by atoms with Gasteiger partial charge in [0.15, 0.2) is 11.5 Å². The highest BCUT2D eigenvalue weighted by atomic mass is 16.5. The van der Waals surface area contributed by atoms with E-state index in [0.717, 1.165) is 23.6 Å². The van der Waals surface area contributed by atoms with Gasteiger partial charge in [0.1, 0.15) is 0 Å². The van der Waals surface area contributed by atoms with Gasteiger partial charge in [-0.25, -0.2) is 0 Å². The van der Waals surface area contributed by atoms with E-state index in [-0.39, 0.29) is 0 Å². The van der Waals surface area contributed by atoms with Crippen LogP contribution in [0, 0.1) is 0 Å². The molecule has 0 amide bonds. The Bertz CT molecular complexity index is 501. The lowest BCUT2D eigenvalue weighted by Crippen LogP contribution is -2.37. The largest absolute Gasteiger partial charge is 0.493 e. The van der Waals surface area contributed by atoms with Crippen LogP contribution in [-0.4, -0.2) is 33.4 Å². The first kappa shape index (κ1) is 13.2. The molecular formula is C16H21NO3. The van der Waals surface area contributed by atoms with Crippen LogP contribution < -0.4 is 19.1 Å². The number of methoxy groups -OCH3 is 3. The van der Waals surface area contributed by atoms with Crippen molar-refractivity contribution in [2.45, 2.75) is 31.3 Å². The van der Waals surface area contributed by atoms with Gasteiger partial charge in [0, 0.05) is 29.9 Å². The average Bonchev–Trinajstić information content (AvgIpc) is 2.74. The van der Waals surface area contributed by atoms with Crippen LogP contribution in [0.25, 0.3) is 0 Å². The molecule has 0 aliphatic carbocycles. The molecular weight excluding hydrogens is 254 g/mol. The molecule has 20 heavy (non-hydrogen) atoms. The Morgan fingerprint density at radius 2 is 1.70 bits per heavy atom. The summed E-state index contributed by atoms with van der Waals surface area (Å²) in [4.78, 5) is 2.48. The highest BCUT2D eigenvalue weighted by Crippen LogP contribution is 2.44. The lowest BCUT2D eigenvalue weighted by Gasteiger charge is -2.34. The molecule has 108 valence electrons. The normalized spacial score (nSPS) is 23.9. The second-order valence-electron chi connectivity index (χ2n) is 5.25. The topological polar surface area (TPSA) is 30.9 Å². The molecule has 4 nitrogen and oxygen atoms in total. The van der Waals surface area contributed by atoms with Crippen LogP contribution in [0.1, 0.15) is 19.3 Å². The van der Waals surface area contributed by atoms with Crippen LogP contribution in [0.4, 0.5) is 5.69 Å². The van der Waals surface area contributed by atoms with Gasteiger partial charge in [-0.1, -0.05) is 12.2 Å². The van der Waals surface area contributed by atoms with Crippen LogP contribution in [0.15, 0.2) is 24.3 Å². The lowest BCUT2D eigenvalue weighted by atomic mass is 10.1. The van der Waals surface area contributed by atoms with Crippen molar-refractivity contribution in [3.63, 3.8) is 0 Å². The standard InChI is InChI=1S/C16H21NO3/c1-18-14-9-13(10-15(19-2)16(14)20-3)17-11-5-4-6-12(17)8-7-11/h4-5,9-12H,6-8H2,1-3H3/t11-,12+/m0/s1. The summed E-state index contributed by atoms with van der Waals surface area (Å²) in [5.41, 5.74) is 1.15. The van der Waals surface area contributed by atoms with Gasteiger partial charge in [-0.3, -0.25) is 0 Å². The number of ether oxygens (including phenoxy) is 3. The van der Waals surface area contributed by atoms with Crippen LogP contribution in [0.2, 0.25) is 0 Å². The molecule has 0 saturated carbocycles. The molecule has 2 bridgehead atoms. The lowest BCUT2D eigenvalue weighted by molar-refractivity contribution is 0.324. The van der Waals surface area contributed by atoms with Gasteiger partial charge in [-0.2, -0.15) is 0 Å². The fourth-order valence-electron chi connectivity index (χ4n) is 3.34. The van der Waals surface area contributed by atoms with Crippen LogP contribution in [-0.2, 0) is 0 Å².